The van der Waals surface area contributed by atoms with E-state index in [1.54, 1.807) is 12.1 Å². The number of phenolic OH excluding ortho intramolecular Hbond substituents is 1. The fourth-order valence-corrected chi connectivity index (χ4v) is 1.91. The van der Waals surface area contributed by atoms with Crippen molar-refractivity contribution in [2.75, 3.05) is 6.61 Å². The molecule has 0 spiro atoms. The maximum Gasteiger partial charge on any atom is 0.115 e. The molecular formula is C13H20O2. The van der Waals surface area contributed by atoms with Gasteiger partial charge in [0.2, 0.25) is 0 Å². The second-order valence-corrected chi connectivity index (χ2v) is 4.55. The summed E-state index contributed by atoms with van der Waals surface area (Å²) in [4.78, 5) is 0. The highest BCUT2D eigenvalue weighted by molar-refractivity contribution is 5.27. The predicted molar refractivity (Wildman–Crippen MR) is 61.8 cm³/mol. The quantitative estimate of drug-likeness (QED) is 0.780. The molecule has 0 amide bonds. The normalized spacial score (nSPS) is 13.1. The van der Waals surface area contributed by atoms with Crippen LogP contribution in [0.15, 0.2) is 24.3 Å². The molecule has 84 valence electrons. The standard InChI is InChI=1S/C13H20O2/c1-10(2)6-12(9-14)7-11-4-3-5-13(15)8-11/h3-5,8,10,12,14-15H,6-7,9H2,1-2H3. The third-order valence-corrected chi connectivity index (χ3v) is 2.50. The fraction of sp³-hybridized carbons (Fsp3) is 0.538. The van der Waals surface area contributed by atoms with Gasteiger partial charge in [-0.3, -0.25) is 0 Å². The number of hydrogen-bond donors (Lipinski definition) is 2. The van der Waals surface area contributed by atoms with Crippen molar-refractivity contribution in [2.45, 2.75) is 26.7 Å². The van der Waals surface area contributed by atoms with Crippen molar-refractivity contribution < 1.29 is 10.2 Å². The molecule has 2 heteroatoms. The first-order valence-corrected chi connectivity index (χ1v) is 5.50. The van der Waals surface area contributed by atoms with Gasteiger partial charge in [-0.15, -0.1) is 0 Å². The Labute approximate surface area is 91.6 Å². The Bertz CT molecular complexity index is 294. The topological polar surface area (TPSA) is 40.5 Å². The van der Waals surface area contributed by atoms with Crippen molar-refractivity contribution in [3.05, 3.63) is 29.8 Å². The molecule has 1 atom stereocenters. The lowest BCUT2D eigenvalue weighted by Gasteiger charge is -2.16. The Kier molecular flexibility index (Phi) is 4.63. The Hall–Kier alpha value is -1.02. The lowest BCUT2D eigenvalue weighted by atomic mass is 9.91. The average molecular weight is 208 g/mol. The Morgan fingerprint density at radius 3 is 2.53 bits per heavy atom. The van der Waals surface area contributed by atoms with E-state index in [1.165, 1.54) is 0 Å². The zero-order valence-corrected chi connectivity index (χ0v) is 9.48. The summed E-state index contributed by atoms with van der Waals surface area (Å²) in [6.45, 7) is 4.53. The largest absolute Gasteiger partial charge is 0.508 e. The first-order chi connectivity index (χ1) is 7.11. The van der Waals surface area contributed by atoms with Gasteiger partial charge in [-0.25, -0.2) is 0 Å². The van der Waals surface area contributed by atoms with Crippen LogP contribution in [0.25, 0.3) is 0 Å². The van der Waals surface area contributed by atoms with E-state index in [9.17, 15) is 10.2 Å². The van der Waals surface area contributed by atoms with Crippen LogP contribution in [0.4, 0.5) is 0 Å². The van der Waals surface area contributed by atoms with E-state index in [0.29, 0.717) is 17.6 Å². The highest BCUT2D eigenvalue weighted by Crippen LogP contribution is 2.19. The summed E-state index contributed by atoms with van der Waals surface area (Å²) in [5.74, 6) is 1.19. The maximum atomic E-state index is 9.32. The zero-order valence-electron chi connectivity index (χ0n) is 9.48. The molecule has 0 aliphatic heterocycles. The molecule has 0 aromatic heterocycles. The van der Waals surface area contributed by atoms with Crippen LogP contribution < -0.4 is 0 Å². The summed E-state index contributed by atoms with van der Waals surface area (Å²) in [6.07, 6.45) is 1.86. The van der Waals surface area contributed by atoms with E-state index in [1.807, 2.05) is 12.1 Å². The first kappa shape index (κ1) is 12.1. The van der Waals surface area contributed by atoms with Gasteiger partial charge in [0.05, 0.1) is 0 Å². The second-order valence-electron chi connectivity index (χ2n) is 4.55. The summed E-state index contributed by atoms with van der Waals surface area (Å²) >= 11 is 0. The van der Waals surface area contributed by atoms with Crippen molar-refractivity contribution in [1.82, 2.24) is 0 Å². The van der Waals surface area contributed by atoms with E-state index >= 15 is 0 Å². The minimum atomic E-state index is 0.216. The van der Waals surface area contributed by atoms with Crippen LogP contribution in [0, 0.1) is 11.8 Å². The molecule has 0 heterocycles. The summed E-state index contributed by atoms with van der Waals surface area (Å²) in [5, 5.41) is 18.6. The number of aliphatic hydroxyl groups excluding tert-OH is 1. The molecule has 0 radical (unpaired) electrons. The van der Waals surface area contributed by atoms with Crippen molar-refractivity contribution in [3.63, 3.8) is 0 Å². The molecular weight excluding hydrogens is 188 g/mol. The van der Waals surface area contributed by atoms with Crippen LogP contribution in [0.1, 0.15) is 25.8 Å². The number of hydrogen-bond acceptors (Lipinski definition) is 2. The van der Waals surface area contributed by atoms with Gasteiger partial charge >= 0.3 is 0 Å². The average Bonchev–Trinajstić information content (AvgIpc) is 2.16. The lowest BCUT2D eigenvalue weighted by Crippen LogP contribution is -2.12. The fourth-order valence-electron chi connectivity index (χ4n) is 1.91. The molecule has 0 saturated heterocycles. The second kappa shape index (κ2) is 5.76. The Morgan fingerprint density at radius 2 is 2.00 bits per heavy atom. The summed E-state index contributed by atoms with van der Waals surface area (Å²) in [5.41, 5.74) is 1.09. The van der Waals surface area contributed by atoms with E-state index in [0.717, 1.165) is 18.4 Å². The molecule has 0 aliphatic rings. The van der Waals surface area contributed by atoms with Gasteiger partial charge in [0.15, 0.2) is 0 Å². The van der Waals surface area contributed by atoms with Crippen LogP contribution in [-0.4, -0.2) is 16.8 Å². The minimum absolute atomic E-state index is 0.216. The number of benzene rings is 1. The molecule has 1 rings (SSSR count). The molecule has 0 fully saturated rings. The molecule has 1 unspecified atom stereocenters. The van der Waals surface area contributed by atoms with Gasteiger partial charge in [-0.2, -0.15) is 0 Å². The van der Waals surface area contributed by atoms with Gasteiger partial charge in [0.1, 0.15) is 5.75 Å². The molecule has 15 heavy (non-hydrogen) atoms. The molecule has 0 bridgehead atoms. The van der Waals surface area contributed by atoms with Gasteiger partial charge in [0, 0.05) is 6.61 Å². The molecule has 2 N–H and O–H groups in total. The van der Waals surface area contributed by atoms with Crippen LogP contribution in [0.3, 0.4) is 0 Å². The van der Waals surface area contributed by atoms with E-state index in [-0.39, 0.29) is 6.61 Å². The maximum absolute atomic E-state index is 9.32. The summed E-state index contributed by atoms with van der Waals surface area (Å²) in [6, 6.07) is 7.26. The SMILES string of the molecule is CC(C)CC(CO)Cc1cccc(O)c1. The molecule has 2 nitrogen and oxygen atoms in total. The zero-order chi connectivity index (χ0) is 11.3. The van der Waals surface area contributed by atoms with Gasteiger partial charge in [-0.1, -0.05) is 26.0 Å². The van der Waals surface area contributed by atoms with Crippen LogP contribution >= 0.6 is 0 Å². The van der Waals surface area contributed by atoms with Crippen molar-refractivity contribution in [1.29, 1.82) is 0 Å². The third kappa shape index (κ3) is 4.34. The Morgan fingerprint density at radius 1 is 1.27 bits per heavy atom. The molecule has 1 aromatic rings. The minimum Gasteiger partial charge on any atom is -0.508 e. The van der Waals surface area contributed by atoms with Gasteiger partial charge < -0.3 is 10.2 Å². The third-order valence-electron chi connectivity index (χ3n) is 2.50. The van der Waals surface area contributed by atoms with Crippen molar-refractivity contribution in [2.24, 2.45) is 11.8 Å². The molecule has 1 aromatic carbocycles. The smallest absolute Gasteiger partial charge is 0.115 e. The highest BCUT2D eigenvalue weighted by atomic mass is 16.3. The van der Waals surface area contributed by atoms with Crippen LogP contribution in [0.5, 0.6) is 5.75 Å². The van der Waals surface area contributed by atoms with E-state index in [4.69, 9.17) is 0 Å². The monoisotopic (exact) mass is 208 g/mol. The van der Waals surface area contributed by atoms with Gasteiger partial charge in [-0.05, 0) is 42.4 Å². The van der Waals surface area contributed by atoms with E-state index in [2.05, 4.69) is 13.8 Å². The predicted octanol–water partition coefficient (Wildman–Crippen LogP) is 2.59. The molecule has 0 aliphatic carbocycles. The summed E-state index contributed by atoms with van der Waals surface area (Å²) in [7, 11) is 0. The summed E-state index contributed by atoms with van der Waals surface area (Å²) < 4.78 is 0. The Balaban J connectivity index is 2.58. The van der Waals surface area contributed by atoms with Crippen LogP contribution in [-0.2, 0) is 6.42 Å². The number of aliphatic hydroxyl groups is 1. The first-order valence-electron chi connectivity index (χ1n) is 5.50. The lowest BCUT2D eigenvalue weighted by molar-refractivity contribution is 0.205. The van der Waals surface area contributed by atoms with Gasteiger partial charge in [0.25, 0.3) is 0 Å². The van der Waals surface area contributed by atoms with Crippen molar-refractivity contribution >= 4 is 0 Å². The molecule has 0 saturated carbocycles. The number of aromatic hydroxyl groups is 1. The number of rotatable bonds is 5. The van der Waals surface area contributed by atoms with Crippen LogP contribution in [0.2, 0.25) is 0 Å². The van der Waals surface area contributed by atoms with E-state index < -0.39 is 0 Å². The van der Waals surface area contributed by atoms with Crippen molar-refractivity contribution in [3.8, 4) is 5.75 Å². The highest BCUT2D eigenvalue weighted by Gasteiger charge is 2.10. The number of phenols is 1.